The lowest BCUT2D eigenvalue weighted by Crippen LogP contribution is -2.44. The molecule has 1 aliphatic rings. The molecule has 3 heterocycles. The quantitative estimate of drug-likeness (QED) is 0.587. The van der Waals surface area contributed by atoms with Crippen LogP contribution in [0.4, 0.5) is 10.6 Å². The van der Waals surface area contributed by atoms with Gasteiger partial charge < -0.3 is 15.3 Å². The van der Waals surface area contributed by atoms with Crippen molar-refractivity contribution in [3.63, 3.8) is 0 Å². The molecule has 2 aromatic heterocycles. The Morgan fingerprint density at radius 2 is 1.97 bits per heavy atom. The predicted octanol–water partition coefficient (Wildman–Crippen LogP) is 3.18. The Kier molecular flexibility index (Phi) is 5.29. The van der Waals surface area contributed by atoms with Gasteiger partial charge in [-0.3, -0.25) is 0 Å². The Bertz CT molecular complexity index is 1210. The first kappa shape index (κ1) is 20.4. The van der Waals surface area contributed by atoms with Crippen molar-refractivity contribution < 1.29 is 18.3 Å². The van der Waals surface area contributed by atoms with Crippen molar-refractivity contribution in [2.45, 2.75) is 30.7 Å². The summed E-state index contributed by atoms with van der Waals surface area (Å²) in [4.78, 5) is 21.1. The third kappa shape index (κ3) is 3.80. The summed E-state index contributed by atoms with van der Waals surface area (Å²) in [6.07, 6.45) is 1.92. The zero-order valence-electron chi connectivity index (χ0n) is 16.1. The lowest BCUT2D eigenvalue weighted by Gasteiger charge is -2.31. The van der Waals surface area contributed by atoms with Crippen LogP contribution in [0.25, 0.3) is 11.0 Å². The number of halogens is 1. The van der Waals surface area contributed by atoms with Gasteiger partial charge in [0, 0.05) is 25.3 Å². The van der Waals surface area contributed by atoms with E-state index in [0.29, 0.717) is 24.3 Å². The number of carbonyl (C=O) groups is 1. The van der Waals surface area contributed by atoms with Crippen LogP contribution in [0.1, 0.15) is 18.4 Å². The average molecular weight is 450 g/mol. The first-order valence-corrected chi connectivity index (χ1v) is 11.2. The van der Waals surface area contributed by atoms with Crippen LogP contribution in [-0.2, 0) is 10.0 Å². The maximum absolute atomic E-state index is 13.1. The number of aryl methyl sites for hydroxylation is 1. The number of nitrogens with one attached hydrogen (secondary N) is 1. The number of hydrogen-bond donors (Lipinski definition) is 2. The minimum Gasteiger partial charge on any atom is -0.465 e. The highest BCUT2D eigenvalue weighted by atomic mass is 35.5. The molecule has 11 heteroatoms. The third-order valence-corrected chi connectivity index (χ3v) is 6.94. The van der Waals surface area contributed by atoms with Crippen LogP contribution in [0.3, 0.4) is 0 Å². The molecule has 1 unspecified atom stereocenters. The smallest absolute Gasteiger partial charge is 0.407 e. The van der Waals surface area contributed by atoms with E-state index < -0.39 is 16.1 Å². The molecular weight excluding hydrogens is 430 g/mol. The van der Waals surface area contributed by atoms with Gasteiger partial charge in [0.05, 0.1) is 10.3 Å². The molecule has 3 aromatic rings. The van der Waals surface area contributed by atoms with E-state index in [1.54, 1.807) is 30.3 Å². The predicted molar refractivity (Wildman–Crippen MR) is 113 cm³/mol. The van der Waals surface area contributed by atoms with Gasteiger partial charge in [0.15, 0.2) is 5.65 Å². The summed E-state index contributed by atoms with van der Waals surface area (Å²) in [5.74, 6) is 0.375. The van der Waals surface area contributed by atoms with Crippen molar-refractivity contribution in [1.82, 2.24) is 18.8 Å². The van der Waals surface area contributed by atoms with E-state index in [-0.39, 0.29) is 21.9 Å². The Morgan fingerprint density at radius 3 is 2.67 bits per heavy atom. The maximum atomic E-state index is 13.1. The molecule has 9 nitrogen and oxygen atoms in total. The van der Waals surface area contributed by atoms with Gasteiger partial charge in [-0.25, -0.2) is 22.2 Å². The fourth-order valence-corrected chi connectivity index (χ4v) is 5.01. The molecule has 4 rings (SSSR count). The van der Waals surface area contributed by atoms with Crippen molar-refractivity contribution in [3.8, 4) is 0 Å². The molecule has 0 aliphatic carbocycles. The largest absolute Gasteiger partial charge is 0.465 e. The second kappa shape index (κ2) is 7.77. The number of likely N-dealkylation sites (tertiary alicyclic amines) is 1. The topological polar surface area (TPSA) is 117 Å². The minimum atomic E-state index is -3.87. The summed E-state index contributed by atoms with van der Waals surface area (Å²) in [6, 6.07) is 7.98. The number of aromatic nitrogens is 3. The normalized spacial score (nSPS) is 17.3. The van der Waals surface area contributed by atoms with Gasteiger partial charge in [-0.05, 0) is 49.6 Å². The van der Waals surface area contributed by atoms with Crippen molar-refractivity contribution in [3.05, 3.63) is 47.4 Å². The van der Waals surface area contributed by atoms with Crippen LogP contribution < -0.4 is 5.32 Å². The number of amides is 1. The molecule has 1 saturated heterocycles. The molecular formula is C19H20ClN5O4S. The van der Waals surface area contributed by atoms with Crippen molar-refractivity contribution in [2.24, 2.45) is 0 Å². The molecule has 0 bridgehead atoms. The fourth-order valence-electron chi connectivity index (χ4n) is 3.56. The zero-order valence-corrected chi connectivity index (χ0v) is 17.7. The van der Waals surface area contributed by atoms with Gasteiger partial charge in [0.1, 0.15) is 5.82 Å². The number of carboxylic acid groups (broad SMARTS) is 1. The summed E-state index contributed by atoms with van der Waals surface area (Å²) in [5.41, 5.74) is 1.11. The first-order valence-electron chi connectivity index (χ1n) is 9.37. The summed E-state index contributed by atoms with van der Waals surface area (Å²) in [6.45, 7) is 2.67. The van der Waals surface area contributed by atoms with Crippen LogP contribution in [0.5, 0.6) is 0 Å². The highest BCUT2D eigenvalue weighted by molar-refractivity contribution is 7.90. The van der Waals surface area contributed by atoms with Crippen molar-refractivity contribution in [1.29, 1.82) is 0 Å². The number of fused-ring (bicyclic) bond motifs is 1. The Morgan fingerprint density at radius 1 is 1.23 bits per heavy atom. The van der Waals surface area contributed by atoms with Crippen LogP contribution >= 0.6 is 11.6 Å². The van der Waals surface area contributed by atoms with E-state index in [9.17, 15) is 18.3 Å². The number of benzene rings is 1. The lowest BCUT2D eigenvalue weighted by molar-refractivity contribution is 0.133. The van der Waals surface area contributed by atoms with E-state index in [1.807, 2.05) is 6.92 Å². The highest BCUT2D eigenvalue weighted by Crippen LogP contribution is 2.28. The summed E-state index contributed by atoms with van der Waals surface area (Å²) in [5, 5.41) is 12.8. The van der Waals surface area contributed by atoms with Gasteiger partial charge in [0.2, 0.25) is 5.28 Å². The number of hydrogen-bond acceptors (Lipinski definition) is 6. The molecule has 158 valence electrons. The molecule has 1 fully saturated rings. The summed E-state index contributed by atoms with van der Waals surface area (Å²) in [7, 11) is -3.87. The van der Waals surface area contributed by atoms with Crippen LogP contribution in [0.15, 0.2) is 41.4 Å². The van der Waals surface area contributed by atoms with E-state index in [2.05, 4.69) is 15.3 Å². The second-order valence-electron chi connectivity index (χ2n) is 7.22. The van der Waals surface area contributed by atoms with Gasteiger partial charge in [0.25, 0.3) is 10.0 Å². The van der Waals surface area contributed by atoms with E-state index >= 15 is 0 Å². The van der Waals surface area contributed by atoms with E-state index in [0.717, 1.165) is 22.4 Å². The zero-order chi connectivity index (χ0) is 21.5. The third-order valence-electron chi connectivity index (χ3n) is 5.09. The van der Waals surface area contributed by atoms with Crippen LogP contribution in [-0.4, -0.2) is 57.6 Å². The maximum Gasteiger partial charge on any atom is 0.407 e. The molecule has 0 radical (unpaired) electrons. The van der Waals surface area contributed by atoms with Gasteiger partial charge >= 0.3 is 6.09 Å². The fraction of sp³-hybridized carbons (Fsp3) is 0.316. The van der Waals surface area contributed by atoms with Crippen LogP contribution in [0, 0.1) is 6.92 Å². The van der Waals surface area contributed by atoms with Gasteiger partial charge in [-0.2, -0.15) is 4.98 Å². The Labute approximate surface area is 178 Å². The first-order chi connectivity index (χ1) is 14.3. The number of rotatable bonds is 4. The number of anilines is 1. The van der Waals surface area contributed by atoms with E-state index in [1.165, 1.54) is 11.1 Å². The standard InChI is InChI=1S/C19H20ClN5O4S/c1-12-4-6-14(7-5-12)30(28,29)25-10-8-15-16(22-18(20)23-17(15)25)21-13-3-2-9-24(11-13)19(26)27/h4-8,10,13H,2-3,9,11H2,1H3,(H,26,27)(H,21,22,23). The summed E-state index contributed by atoms with van der Waals surface area (Å²) >= 11 is 6.09. The number of nitrogens with zero attached hydrogens (tertiary/aromatic N) is 4. The average Bonchev–Trinajstić information content (AvgIpc) is 3.13. The molecule has 0 saturated carbocycles. The van der Waals surface area contributed by atoms with Crippen molar-refractivity contribution in [2.75, 3.05) is 18.4 Å². The van der Waals surface area contributed by atoms with Crippen molar-refractivity contribution >= 4 is 44.6 Å². The van der Waals surface area contributed by atoms with Gasteiger partial charge in [-0.1, -0.05) is 17.7 Å². The lowest BCUT2D eigenvalue weighted by atomic mass is 10.1. The molecule has 1 atom stereocenters. The van der Waals surface area contributed by atoms with E-state index in [4.69, 9.17) is 11.6 Å². The molecule has 0 spiro atoms. The second-order valence-corrected chi connectivity index (χ2v) is 9.37. The van der Waals surface area contributed by atoms with Crippen LogP contribution in [0.2, 0.25) is 5.28 Å². The minimum absolute atomic E-state index is 0.102. The highest BCUT2D eigenvalue weighted by Gasteiger charge is 2.26. The Balaban J connectivity index is 1.71. The SMILES string of the molecule is Cc1ccc(S(=O)(=O)n2ccc3c(NC4CCCN(C(=O)O)C4)nc(Cl)nc32)cc1. The summed E-state index contributed by atoms with van der Waals surface area (Å²) < 4.78 is 27.3. The Hall–Kier alpha value is -2.85. The molecule has 30 heavy (non-hydrogen) atoms. The molecule has 2 N–H and O–H groups in total. The monoisotopic (exact) mass is 449 g/mol. The van der Waals surface area contributed by atoms with Gasteiger partial charge in [-0.15, -0.1) is 0 Å². The molecule has 1 aliphatic heterocycles. The molecule has 1 amide bonds. The molecule has 1 aromatic carbocycles. The number of piperidine rings is 1.